The molecule has 0 spiro atoms. The number of aliphatic hydroxyl groups is 2. The summed E-state index contributed by atoms with van der Waals surface area (Å²) < 4.78 is 13.6. The maximum Gasteiger partial charge on any atom is 0.130 e. The zero-order valence-corrected chi connectivity index (χ0v) is 10.4. The molecule has 0 aliphatic rings. The normalized spacial score (nSPS) is 10.9. The third-order valence-corrected chi connectivity index (χ3v) is 2.74. The number of rotatable bonds is 6. The van der Waals surface area contributed by atoms with Gasteiger partial charge in [0.15, 0.2) is 0 Å². The van der Waals surface area contributed by atoms with Gasteiger partial charge < -0.3 is 15.1 Å². The first-order valence-corrected chi connectivity index (χ1v) is 5.87. The largest absolute Gasteiger partial charge is 0.396 e. The Morgan fingerprint density at radius 3 is 2.53 bits per heavy atom. The number of benzene rings is 1. The van der Waals surface area contributed by atoms with E-state index in [2.05, 4.69) is 0 Å². The molecule has 0 heterocycles. The second-order valence-electron chi connectivity index (χ2n) is 4.26. The number of hydrogen-bond acceptors (Lipinski definition) is 3. The van der Waals surface area contributed by atoms with Crippen LogP contribution in [0.5, 0.6) is 0 Å². The summed E-state index contributed by atoms with van der Waals surface area (Å²) in [5.74, 6) is -0.389. The van der Waals surface area contributed by atoms with Crippen molar-refractivity contribution >= 4 is 5.69 Å². The van der Waals surface area contributed by atoms with Crippen molar-refractivity contribution in [1.82, 2.24) is 0 Å². The standard InChI is InChI=1S/C13H20FNO2/c1-10(2)15(7-4-8-16)13-6-3-5-12(14)11(13)9-17/h3,5-6,10,16-17H,4,7-9H2,1-2H3. The fourth-order valence-electron chi connectivity index (χ4n) is 1.87. The highest BCUT2D eigenvalue weighted by atomic mass is 19.1. The topological polar surface area (TPSA) is 43.7 Å². The monoisotopic (exact) mass is 241 g/mol. The van der Waals surface area contributed by atoms with Crippen LogP contribution in [-0.2, 0) is 6.61 Å². The fraction of sp³-hybridized carbons (Fsp3) is 0.538. The van der Waals surface area contributed by atoms with Gasteiger partial charge in [0.2, 0.25) is 0 Å². The summed E-state index contributed by atoms with van der Waals surface area (Å²) in [4.78, 5) is 1.99. The quantitative estimate of drug-likeness (QED) is 0.799. The van der Waals surface area contributed by atoms with E-state index in [0.29, 0.717) is 24.2 Å². The number of aliphatic hydroxyl groups excluding tert-OH is 2. The van der Waals surface area contributed by atoms with Gasteiger partial charge in [0, 0.05) is 30.4 Å². The molecular formula is C13H20FNO2. The lowest BCUT2D eigenvalue weighted by atomic mass is 10.1. The molecule has 1 aromatic carbocycles. The molecule has 0 radical (unpaired) electrons. The molecule has 0 amide bonds. The van der Waals surface area contributed by atoms with E-state index in [1.165, 1.54) is 6.07 Å². The summed E-state index contributed by atoms with van der Waals surface area (Å²) in [6, 6.07) is 4.97. The molecule has 3 nitrogen and oxygen atoms in total. The molecule has 96 valence electrons. The van der Waals surface area contributed by atoms with Crippen LogP contribution in [0.4, 0.5) is 10.1 Å². The van der Waals surface area contributed by atoms with Crippen molar-refractivity contribution in [2.24, 2.45) is 0 Å². The smallest absolute Gasteiger partial charge is 0.130 e. The van der Waals surface area contributed by atoms with E-state index in [4.69, 9.17) is 5.11 Å². The van der Waals surface area contributed by atoms with Crippen molar-refractivity contribution in [2.45, 2.75) is 32.9 Å². The Bertz CT molecular complexity index is 355. The molecule has 0 bridgehead atoms. The van der Waals surface area contributed by atoms with E-state index in [-0.39, 0.29) is 25.1 Å². The van der Waals surface area contributed by atoms with E-state index in [1.807, 2.05) is 18.7 Å². The molecule has 0 atom stereocenters. The molecule has 4 heteroatoms. The third-order valence-electron chi connectivity index (χ3n) is 2.74. The molecule has 0 saturated carbocycles. The second kappa shape index (κ2) is 6.57. The van der Waals surface area contributed by atoms with Gasteiger partial charge >= 0.3 is 0 Å². The number of halogens is 1. The van der Waals surface area contributed by atoms with Gasteiger partial charge in [-0.05, 0) is 32.4 Å². The van der Waals surface area contributed by atoms with Crippen molar-refractivity contribution in [3.63, 3.8) is 0 Å². The Balaban J connectivity index is 3.04. The predicted octanol–water partition coefficient (Wildman–Crippen LogP) is 1.92. The fourth-order valence-corrected chi connectivity index (χ4v) is 1.87. The molecule has 0 fully saturated rings. The zero-order valence-electron chi connectivity index (χ0n) is 10.4. The van der Waals surface area contributed by atoms with Crippen molar-refractivity contribution in [2.75, 3.05) is 18.1 Å². The van der Waals surface area contributed by atoms with Crippen LogP contribution in [0.15, 0.2) is 18.2 Å². The van der Waals surface area contributed by atoms with E-state index in [1.54, 1.807) is 12.1 Å². The summed E-state index contributed by atoms with van der Waals surface area (Å²) in [5, 5.41) is 18.1. The SMILES string of the molecule is CC(C)N(CCCO)c1cccc(F)c1CO. The predicted molar refractivity (Wildman–Crippen MR) is 66.5 cm³/mol. The highest BCUT2D eigenvalue weighted by molar-refractivity contribution is 5.54. The van der Waals surface area contributed by atoms with E-state index in [0.717, 1.165) is 0 Å². The van der Waals surface area contributed by atoms with E-state index < -0.39 is 0 Å². The minimum atomic E-state index is -0.389. The van der Waals surface area contributed by atoms with Crippen molar-refractivity contribution < 1.29 is 14.6 Å². The van der Waals surface area contributed by atoms with Crippen molar-refractivity contribution in [3.8, 4) is 0 Å². The first-order valence-electron chi connectivity index (χ1n) is 5.87. The van der Waals surface area contributed by atoms with E-state index >= 15 is 0 Å². The maximum absolute atomic E-state index is 13.6. The van der Waals surface area contributed by atoms with Gasteiger partial charge in [-0.15, -0.1) is 0 Å². The van der Waals surface area contributed by atoms with Crippen LogP contribution >= 0.6 is 0 Å². The average Bonchev–Trinajstić information content (AvgIpc) is 2.29. The lowest BCUT2D eigenvalue weighted by Crippen LogP contribution is -2.33. The zero-order chi connectivity index (χ0) is 12.8. The van der Waals surface area contributed by atoms with Crippen molar-refractivity contribution in [3.05, 3.63) is 29.6 Å². The molecule has 1 rings (SSSR count). The minimum Gasteiger partial charge on any atom is -0.396 e. The van der Waals surface area contributed by atoms with Crippen molar-refractivity contribution in [1.29, 1.82) is 0 Å². The summed E-state index contributed by atoms with van der Waals surface area (Å²) in [7, 11) is 0. The Hall–Kier alpha value is -1.13. The third kappa shape index (κ3) is 3.41. The Morgan fingerprint density at radius 1 is 1.29 bits per heavy atom. The molecule has 0 unspecified atom stereocenters. The Kier molecular flexibility index (Phi) is 5.38. The maximum atomic E-state index is 13.6. The molecular weight excluding hydrogens is 221 g/mol. The van der Waals surface area contributed by atoms with Gasteiger partial charge in [-0.2, -0.15) is 0 Å². The van der Waals surface area contributed by atoms with Crippen LogP contribution in [0.25, 0.3) is 0 Å². The highest BCUT2D eigenvalue weighted by Gasteiger charge is 2.16. The summed E-state index contributed by atoms with van der Waals surface area (Å²) in [6.45, 7) is 4.44. The summed E-state index contributed by atoms with van der Waals surface area (Å²) in [6.07, 6.45) is 0.625. The number of anilines is 1. The highest BCUT2D eigenvalue weighted by Crippen LogP contribution is 2.25. The van der Waals surface area contributed by atoms with Crippen LogP contribution in [0.1, 0.15) is 25.8 Å². The van der Waals surface area contributed by atoms with E-state index in [9.17, 15) is 9.50 Å². The molecule has 17 heavy (non-hydrogen) atoms. The summed E-state index contributed by atoms with van der Waals surface area (Å²) >= 11 is 0. The minimum absolute atomic E-state index is 0.104. The second-order valence-corrected chi connectivity index (χ2v) is 4.26. The average molecular weight is 241 g/mol. The van der Waals surface area contributed by atoms with Crippen LogP contribution in [-0.4, -0.2) is 29.4 Å². The van der Waals surface area contributed by atoms with Gasteiger partial charge in [0.1, 0.15) is 5.82 Å². The molecule has 2 N–H and O–H groups in total. The van der Waals surface area contributed by atoms with Crippen LogP contribution in [0, 0.1) is 5.82 Å². The Labute approximate surface area is 101 Å². The first-order chi connectivity index (χ1) is 8.11. The lowest BCUT2D eigenvalue weighted by molar-refractivity contribution is 0.275. The molecule has 0 saturated heterocycles. The number of nitrogens with zero attached hydrogens (tertiary/aromatic N) is 1. The van der Waals surface area contributed by atoms with Gasteiger partial charge in [-0.25, -0.2) is 4.39 Å². The molecule has 0 aromatic heterocycles. The van der Waals surface area contributed by atoms with Crippen LogP contribution in [0.2, 0.25) is 0 Å². The Morgan fingerprint density at radius 2 is 2.00 bits per heavy atom. The van der Waals surface area contributed by atoms with Crippen LogP contribution < -0.4 is 4.90 Å². The van der Waals surface area contributed by atoms with Gasteiger partial charge in [-0.3, -0.25) is 0 Å². The first kappa shape index (κ1) is 13.9. The molecule has 0 aliphatic heterocycles. The molecule has 0 aliphatic carbocycles. The molecule has 1 aromatic rings. The number of hydrogen-bond donors (Lipinski definition) is 2. The lowest BCUT2D eigenvalue weighted by Gasteiger charge is -2.30. The summed E-state index contributed by atoms with van der Waals surface area (Å²) in [5.41, 5.74) is 1.02. The van der Waals surface area contributed by atoms with Gasteiger partial charge in [0.25, 0.3) is 0 Å². The van der Waals surface area contributed by atoms with Gasteiger partial charge in [0.05, 0.1) is 6.61 Å². The van der Waals surface area contributed by atoms with Crippen LogP contribution in [0.3, 0.4) is 0 Å². The van der Waals surface area contributed by atoms with Gasteiger partial charge in [-0.1, -0.05) is 6.07 Å².